The number of hydrogen-bond donors (Lipinski definition) is 4. The number of phosphoric acid groups is 1. The van der Waals surface area contributed by atoms with Gasteiger partial charge >= 0.3 is 13.9 Å². The topological polar surface area (TPSA) is 119 Å². The van der Waals surface area contributed by atoms with Gasteiger partial charge in [0.1, 0.15) is 13.2 Å². The number of amides is 2. The third kappa shape index (κ3) is 37.3. The summed E-state index contributed by atoms with van der Waals surface area (Å²) < 4.78 is 15.1. The zero-order valence-corrected chi connectivity index (χ0v) is 27.1. The molecule has 0 aliphatic rings. The molecule has 10 heteroatoms. The molecule has 236 valence electrons. The van der Waals surface area contributed by atoms with Crippen LogP contribution in [-0.2, 0) is 9.09 Å². The summed E-state index contributed by atoms with van der Waals surface area (Å²) in [6, 6.07) is -0.0824. The normalized spacial score (nSPS) is 11.7. The fourth-order valence-corrected chi connectivity index (χ4v) is 4.36. The maximum Gasteiger partial charge on any atom is 0.469 e. The lowest BCUT2D eigenvalue weighted by Crippen LogP contribution is -2.39. The van der Waals surface area contributed by atoms with Crippen molar-refractivity contribution in [2.45, 2.75) is 122 Å². The van der Waals surface area contributed by atoms with Crippen LogP contribution in [0.25, 0.3) is 0 Å². The lowest BCUT2D eigenvalue weighted by molar-refractivity contribution is -0.870. The lowest BCUT2D eigenvalue weighted by Gasteiger charge is -2.23. The Morgan fingerprint density at radius 1 is 0.769 bits per heavy atom. The van der Waals surface area contributed by atoms with Gasteiger partial charge in [-0.2, -0.15) is 0 Å². The van der Waals surface area contributed by atoms with Crippen LogP contribution in [0.15, 0.2) is 0 Å². The Labute approximate surface area is 240 Å². The standard InChI is InChI=1S/C24H50N2O2.C5H14NO4P/c1-3-4-5-6-7-8-9-10-11-12-13-14-15-16-17-18-19-20-21-25-24(28)26(2)22-23-27;1-6(2,3)4-5-10-11(7,8)9/h27H,3-23H2,1-2H3,(H,25,28);4-5H2,1-3H3,(H-,7,8,9)/p+1. The first kappa shape index (κ1) is 40.4. The molecule has 0 atom stereocenters. The van der Waals surface area contributed by atoms with Crippen LogP contribution in [-0.4, -0.2) is 91.3 Å². The van der Waals surface area contributed by atoms with Gasteiger partial charge in [0.25, 0.3) is 0 Å². The summed E-state index contributed by atoms with van der Waals surface area (Å²) in [5.41, 5.74) is 0. The fraction of sp³-hybridized carbons (Fsp3) is 0.966. The minimum Gasteiger partial charge on any atom is -0.395 e. The highest BCUT2D eigenvalue weighted by atomic mass is 31.2. The van der Waals surface area contributed by atoms with Crippen molar-refractivity contribution in [3.05, 3.63) is 0 Å². The van der Waals surface area contributed by atoms with Crippen LogP contribution in [0.2, 0.25) is 0 Å². The fourth-order valence-electron chi connectivity index (χ4n) is 4.04. The summed E-state index contributed by atoms with van der Waals surface area (Å²) in [7, 11) is 3.21. The van der Waals surface area contributed by atoms with Crippen LogP contribution in [0.3, 0.4) is 0 Å². The summed E-state index contributed by atoms with van der Waals surface area (Å²) in [5.74, 6) is 0. The summed E-state index contributed by atoms with van der Waals surface area (Å²) in [6.07, 6.45) is 24.8. The van der Waals surface area contributed by atoms with E-state index in [4.69, 9.17) is 14.9 Å². The number of nitrogens with zero attached hydrogens (tertiary/aromatic N) is 2. The first-order valence-electron chi connectivity index (χ1n) is 15.5. The van der Waals surface area contributed by atoms with Gasteiger partial charge in [0, 0.05) is 20.1 Å². The van der Waals surface area contributed by atoms with E-state index in [1.54, 1.807) is 7.05 Å². The molecule has 0 aliphatic carbocycles. The number of phosphoric ester groups is 1. The number of aliphatic hydroxyl groups is 1. The minimum atomic E-state index is -4.26. The molecule has 39 heavy (non-hydrogen) atoms. The van der Waals surface area contributed by atoms with Crippen molar-refractivity contribution >= 4 is 13.9 Å². The number of aliphatic hydroxyl groups excluding tert-OH is 1. The van der Waals surface area contributed by atoms with Crippen molar-refractivity contribution in [1.82, 2.24) is 10.2 Å². The van der Waals surface area contributed by atoms with Gasteiger partial charge in [0.2, 0.25) is 0 Å². The van der Waals surface area contributed by atoms with E-state index in [0.29, 0.717) is 17.6 Å². The Morgan fingerprint density at radius 2 is 1.15 bits per heavy atom. The van der Waals surface area contributed by atoms with Gasteiger partial charge in [0.15, 0.2) is 0 Å². The molecule has 0 spiro atoms. The van der Waals surface area contributed by atoms with Gasteiger partial charge < -0.3 is 29.6 Å². The SMILES string of the molecule is CCCCCCCCCCCCCCCCCCCCNC(=O)N(C)CCO.C[N+](C)(C)CCOP(=O)(O)O. The highest BCUT2D eigenvalue weighted by molar-refractivity contribution is 7.46. The number of carbonyl (C=O) groups is 1. The van der Waals surface area contributed by atoms with Gasteiger partial charge in [-0.3, -0.25) is 4.52 Å². The van der Waals surface area contributed by atoms with Crippen molar-refractivity contribution in [3.63, 3.8) is 0 Å². The Bertz CT molecular complexity index is 584. The average molecular weight is 583 g/mol. The molecular formula is C29H65N3O6P+. The third-order valence-corrected chi connectivity index (χ3v) is 7.13. The molecule has 0 fully saturated rings. The average Bonchev–Trinajstić information content (AvgIpc) is 2.84. The number of likely N-dealkylation sites (N-methyl/N-ethyl adjacent to an activating group) is 2. The van der Waals surface area contributed by atoms with E-state index in [0.717, 1.165) is 13.0 Å². The van der Waals surface area contributed by atoms with E-state index in [2.05, 4.69) is 16.8 Å². The van der Waals surface area contributed by atoms with Gasteiger partial charge in [-0.1, -0.05) is 116 Å². The number of hydrogen-bond acceptors (Lipinski definition) is 4. The Morgan fingerprint density at radius 3 is 1.49 bits per heavy atom. The van der Waals surface area contributed by atoms with Crippen molar-refractivity contribution in [2.24, 2.45) is 0 Å². The lowest BCUT2D eigenvalue weighted by atomic mass is 10.0. The Hall–Kier alpha value is -0.700. The predicted molar refractivity (Wildman–Crippen MR) is 163 cm³/mol. The molecule has 0 unspecified atom stereocenters. The molecule has 0 radical (unpaired) electrons. The molecule has 0 bridgehead atoms. The van der Waals surface area contributed by atoms with Gasteiger partial charge in [0.05, 0.1) is 27.7 Å². The van der Waals surface area contributed by atoms with Gasteiger partial charge in [-0.25, -0.2) is 9.36 Å². The van der Waals surface area contributed by atoms with E-state index in [1.807, 2.05) is 21.1 Å². The zero-order chi connectivity index (χ0) is 29.8. The predicted octanol–water partition coefficient (Wildman–Crippen LogP) is 6.46. The number of nitrogens with one attached hydrogen (secondary N) is 1. The molecule has 2 amide bonds. The molecular weight excluding hydrogens is 517 g/mol. The highest BCUT2D eigenvalue weighted by Crippen LogP contribution is 2.35. The van der Waals surface area contributed by atoms with E-state index >= 15 is 0 Å². The summed E-state index contributed by atoms with van der Waals surface area (Å²) >= 11 is 0. The Kier molecular flexibility index (Phi) is 28.5. The van der Waals surface area contributed by atoms with Crippen LogP contribution < -0.4 is 5.32 Å². The molecule has 0 saturated heterocycles. The van der Waals surface area contributed by atoms with Crippen LogP contribution in [0, 0.1) is 0 Å². The smallest absolute Gasteiger partial charge is 0.395 e. The second-order valence-corrected chi connectivity index (χ2v) is 13.0. The molecule has 9 nitrogen and oxygen atoms in total. The Balaban J connectivity index is 0. The van der Waals surface area contributed by atoms with E-state index in [1.165, 1.54) is 114 Å². The molecule has 0 aromatic heterocycles. The third-order valence-electron chi connectivity index (χ3n) is 6.61. The molecule has 4 N–H and O–H groups in total. The quantitative estimate of drug-likeness (QED) is 0.0557. The van der Waals surface area contributed by atoms with E-state index < -0.39 is 7.82 Å². The summed E-state index contributed by atoms with van der Waals surface area (Å²) in [4.78, 5) is 29.7. The number of urea groups is 1. The number of quaternary nitrogens is 1. The number of unbranched alkanes of at least 4 members (excludes halogenated alkanes) is 17. The minimum absolute atomic E-state index is 0.0170. The van der Waals surface area contributed by atoms with Crippen molar-refractivity contribution in [1.29, 1.82) is 0 Å². The molecule has 0 aromatic carbocycles. The van der Waals surface area contributed by atoms with E-state index in [-0.39, 0.29) is 19.2 Å². The van der Waals surface area contributed by atoms with Gasteiger partial charge in [-0.05, 0) is 6.42 Å². The van der Waals surface area contributed by atoms with Crippen LogP contribution in [0.1, 0.15) is 122 Å². The molecule has 0 aromatic rings. The second-order valence-electron chi connectivity index (χ2n) is 11.7. The van der Waals surface area contributed by atoms with Crippen molar-refractivity contribution in [3.8, 4) is 0 Å². The van der Waals surface area contributed by atoms with E-state index in [9.17, 15) is 9.36 Å². The number of carbonyl (C=O) groups excluding carboxylic acids is 1. The molecule has 0 saturated carbocycles. The largest absolute Gasteiger partial charge is 0.469 e. The summed E-state index contributed by atoms with van der Waals surface area (Å²) in [6.45, 7) is 4.09. The molecule has 0 heterocycles. The highest BCUT2D eigenvalue weighted by Gasteiger charge is 2.16. The second kappa shape index (κ2) is 27.5. The monoisotopic (exact) mass is 582 g/mol. The number of rotatable bonds is 25. The molecule has 0 rings (SSSR count). The van der Waals surface area contributed by atoms with Crippen molar-refractivity contribution < 1.29 is 33.3 Å². The summed E-state index contributed by atoms with van der Waals surface area (Å²) in [5, 5.41) is 11.7. The van der Waals surface area contributed by atoms with Crippen LogP contribution >= 0.6 is 7.82 Å². The molecule has 0 aliphatic heterocycles. The maximum atomic E-state index is 11.6. The van der Waals surface area contributed by atoms with Crippen molar-refractivity contribution in [2.75, 3.05) is 61.0 Å². The first-order valence-corrected chi connectivity index (χ1v) is 17.1. The van der Waals surface area contributed by atoms with Crippen LogP contribution in [0.5, 0.6) is 0 Å². The van der Waals surface area contributed by atoms with Gasteiger partial charge in [-0.15, -0.1) is 0 Å². The maximum absolute atomic E-state index is 11.6. The first-order chi connectivity index (χ1) is 18.4. The zero-order valence-electron chi connectivity index (χ0n) is 26.2. The van der Waals surface area contributed by atoms with Crippen LogP contribution in [0.4, 0.5) is 4.79 Å².